The summed E-state index contributed by atoms with van der Waals surface area (Å²) in [5.41, 5.74) is 3.33. The molecule has 2 heterocycles. The molecule has 3 N–H and O–H groups in total. The van der Waals surface area contributed by atoms with Gasteiger partial charge in [0.05, 0.1) is 0 Å². The van der Waals surface area contributed by atoms with Gasteiger partial charge in [-0.1, -0.05) is 35.9 Å². The molecule has 1 saturated heterocycles. The van der Waals surface area contributed by atoms with E-state index in [0.29, 0.717) is 12.0 Å². The van der Waals surface area contributed by atoms with Crippen LogP contribution >= 0.6 is 11.6 Å². The second-order valence-electron chi connectivity index (χ2n) is 9.62. The van der Waals surface area contributed by atoms with Crippen molar-refractivity contribution in [3.8, 4) is 11.1 Å². The highest BCUT2D eigenvalue weighted by Gasteiger charge is 2.37. The van der Waals surface area contributed by atoms with Gasteiger partial charge in [0.1, 0.15) is 5.82 Å². The lowest BCUT2D eigenvalue weighted by atomic mass is 9.80. The Bertz CT molecular complexity index is 1030. The maximum Gasteiger partial charge on any atom is 0.224 e. The summed E-state index contributed by atoms with van der Waals surface area (Å²) in [7, 11) is 0. The summed E-state index contributed by atoms with van der Waals surface area (Å²) in [5, 5.41) is 11.4. The van der Waals surface area contributed by atoms with Crippen molar-refractivity contribution >= 4 is 29.1 Å². The summed E-state index contributed by atoms with van der Waals surface area (Å²) < 4.78 is 0. The van der Waals surface area contributed by atoms with Gasteiger partial charge in [-0.15, -0.1) is 0 Å². The molecule has 0 amide bonds. The molecule has 2 aromatic carbocycles. The highest BCUT2D eigenvalue weighted by molar-refractivity contribution is 6.30. The van der Waals surface area contributed by atoms with Crippen LogP contribution in [0.3, 0.4) is 0 Å². The molecule has 4 rings (SSSR count). The van der Waals surface area contributed by atoms with E-state index in [4.69, 9.17) is 11.6 Å². The van der Waals surface area contributed by atoms with Crippen molar-refractivity contribution in [1.29, 1.82) is 0 Å². The van der Waals surface area contributed by atoms with Crippen LogP contribution in [0.5, 0.6) is 0 Å². The summed E-state index contributed by atoms with van der Waals surface area (Å²) in [6, 6.07) is 18.3. The fourth-order valence-electron chi connectivity index (χ4n) is 4.67. The SMILES string of the molecule is CC1(C)CC(Nc2nccc(Nc3ccc(-c4cccc(Cl)c4)cc3)n2)CC(C)(C)N1. The third kappa shape index (κ3) is 5.75. The summed E-state index contributed by atoms with van der Waals surface area (Å²) >= 11 is 6.11. The molecule has 6 heteroatoms. The second kappa shape index (κ2) is 8.48. The van der Waals surface area contributed by atoms with Gasteiger partial charge in [0.25, 0.3) is 0 Å². The van der Waals surface area contributed by atoms with Crippen LogP contribution in [0.1, 0.15) is 40.5 Å². The van der Waals surface area contributed by atoms with E-state index < -0.39 is 0 Å². The van der Waals surface area contributed by atoms with Crippen LogP contribution in [0.15, 0.2) is 60.8 Å². The van der Waals surface area contributed by atoms with Crippen LogP contribution in [-0.4, -0.2) is 27.1 Å². The largest absolute Gasteiger partial charge is 0.351 e. The van der Waals surface area contributed by atoms with E-state index >= 15 is 0 Å². The van der Waals surface area contributed by atoms with Crippen LogP contribution in [0.2, 0.25) is 5.02 Å². The van der Waals surface area contributed by atoms with E-state index in [0.717, 1.165) is 40.5 Å². The second-order valence-corrected chi connectivity index (χ2v) is 10.1. The lowest BCUT2D eigenvalue weighted by Crippen LogP contribution is -2.60. The third-order valence-electron chi connectivity index (χ3n) is 5.49. The van der Waals surface area contributed by atoms with Crippen molar-refractivity contribution in [2.75, 3.05) is 10.6 Å². The highest BCUT2D eigenvalue weighted by Crippen LogP contribution is 2.30. The topological polar surface area (TPSA) is 61.9 Å². The van der Waals surface area contributed by atoms with E-state index in [1.54, 1.807) is 6.20 Å². The molecule has 0 spiro atoms. The van der Waals surface area contributed by atoms with Crippen LogP contribution in [0.25, 0.3) is 11.1 Å². The highest BCUT2D eigenvalue weighted by atomic mass is 35.5. The minimum Gasteiger partial charge on any atom is -0.351 e. The number of hydrogen-bond donors (Lipinski definition) is 3. The Hall–Kier alpha value is -2.63. The molecule has 1 aliphatic rings. The zero-order valence-corrected chi connectivity index (χ0v) is 19.3. The Kier molecular flexibility index (Phi) is 5.91. The van der Waals surface area contributed by atoms with Gasteiger partial charge in [-0.05, 0) is 82.0 Å². The van der Waals surface area contributed by atoms with Crippen molar-refractivity contribution in [1.82, 2.24) is 15.3 Å². The fraction of sp³-hybridized carbons (Fsp3) is 0.360. The number of piperidine rings is 1. The average Bonchev–Trinajstić information content (AvgIpc) is 2.66. The lowest BCUT2D eigenvalue weighted by molar-refractivity contribution is 0.170. The number of anilines is 3. The van der Waals surface area contributed by atoms with E-state index in [1.165, 1.54) is 0 Å². The van der Waals surface area contributed by atoms with Crippen molar-refractivity contribution in [2.24, 2.45) is 0 Å². The quantitative estimate of drug-likeness (QED) is 0.441. The molecule has 5 nitrogen and oxygen atoms in total. The van der Waals surface area contributed by atoms with E-state index in [-0.39, 0.29) is 11.1 Å². The van der Waals surface area contributed by atoms with Gasteiger partial charge in [0.15, 0.2) is 0 Å². The van der Waals surface area contributed by atoms with Gasteiger partial charge in [-0.3, -0.25) is 0 Å². The molecular formula is C25H30ClN5. The first-order chi connectivity index (χ1) is 14.7. The molecule has 0 saturated carbocycles. The number of aromatic nitrogens is 2. The summed E-state index contributed by atoms with van der Waals surface area (Å²) in [6.45, 7) is 8.98. The monoisotopic (exact) mass is 435 g/mol. The molecule has 0 unspecified atom stereocenters. The number of nitrogens with one attached hydrogen (secondary N) is 3. The number of halogens is 1. The van der Waals surface area contributed by atoms with Crippen LogP contribution in [0.4, 0.5) is 17.5 Å². The Morgan fingerprint density at radius 3 is 2.32 bits per heavy atom. The smallest absolute Gasteiger partial charge is 0.224 e. The first-order valence-electron chi connectivity index (χ1n) is 10.7. The summed E-state index contributed by atoms with van der Waals surface area (Å²) in [6.07, 6.45) is 3.82. The zero-order chi connectivity index (χ0) is 22.1. The lowest BCUT2D eigenvalue weighted by Gasteiger charge is -2.46. The van der Waals surface area contributed by atoms with Gasteiger partial charge >= 0.3 is 0 Å². The number of nitrogens with zero attached hydrogens (tertiary/aromatic N) is 2. The van der Waals surface area contributed by atoms with Crippen molar-refractivity contribution in [2.45, 2.75) is 57.7 Å². The Morgan fingerprint density at radius 2 is 1.65 bits per heavy atom. The minimum atomic E-state index is 0.0694. The Labute approximate surface area is 189 Å². The molecule has 31 heavy (non-hydrogen) atoms. The molecule has 162 valence electrons. The maximum absolute atomic E-state index is 6.11. The molecule has 0 atom stereocenters. The first-order valence-corrected chi connectivity index (χ1v) is 11.1. The molecule has 0 bridgehead atoms. The van der Waals surface area contributed by atoms with Crippen LogP contribution in [0, 0.1) is 0 Å². The van der Waals surface area contributed by atoms with E-state index in [1.807, 2.05) is 36.4 Å². The third-order valence-corrected chi connectivity index (χ3v) is 5.73. The molecule has 0 radical (unpaired) electrons. The van der Waals surface area contributed by atoms with Crippen LogP contribution < -0.4 is 16.0 Å². The van der Waals surface area contributed by atoms with Crippen molar-refractivity contribution in [3.05, 3.63) is 65.8 Å². The number of benzene rings is 2. The van der Waals surface area contributed by atoms with Gasteiger partial charge in [0, 0.05) is 34.0 Å². The number of hydrogen-bond acceptors (Lipinski definition) is 5. The minimum absolute atomic E-state index is 0.0694. The summed E-state index contributed by atoms with van der Waals surface area (Å²) in [4.78, 5) is 9.12. The molecule has 1 fully saturated rings. The molecular weight excluding hydrogens is 406 g/mol. The standard InChI is InChI=1S/C25H30ClN5/c1-24(2)15-21(16-25(3,4)31-24)29-23-27-13-12-22(30-23)28-20-10-8-17(9-11-20)18-6-5-7-19(26)14-18/h5-14,21,31H,15-16H2,1-4H3,(H2,27,28,29,30). The zero-order valence-electron chi connectivity index (χ0n) is 18.5. The number of rotatable bonds is 5. The summed E-state index contributed by atoms with van der Waals surface area (Å²) in [5.74, 6) is 1.42. The normalized spacial score (nSPS) is 17.8. The predicted octanol–water partition coefficient (Wildman–Crippen LogP) is 6.26. The van der Waals surface area contributed by atoms with E-state index in [2.05, 4.69) is 71.8 Å². The first kappa shape index (κ1) is 21.6. The molecule has 1 aliphatic heterocycles. The van der Waals surface area contributed by atoms with Gasteiger partial charge in [-0.25, -0.2) is 4.98 Å². The Balaban J connectivity index is 1.44. The van der Waals surface area contributed by atoms with Crippen LogP contribution in [-0.2, 0) is 0 Å². The average molecular weight is 436 g/mol. The predicted molar refractivity (Wildman–Crippen MR) is 130 cm³/mol. The fourth-order valence-corrected chi connectivity index (χ4v) is 4.86. The van der Waals surface area contributed by atoms with E-state index in [9.17, 15) is 0 Å². The van der Waals surface area contributed by atoms with Gasteiger partial charge in [0.2, 0.25) is 5.95 Å². The van der Waals surface area contributed by atoms with Gasteiger partial charge in [-0.2, -0.15) is 4.98 Å². The van der Waals surface area contributed by atoms with Crippen molar-refractivity contribution < 1.29 is 0 Å². The Morgan fingerprint density at radius 1 is 0.935 bits per heavy atom. The maximum atomic E-state index is 6.11. The van der Waals surface area contributed by atoms with Crippen molar-refractivity contribution in [3.63, 3.8) is 0 Å². The van der Waals surface area contributed by atoms with Gasteiger partial charge < -0.3 is 16.0 Å². The molecule has 0 aliphatic carbocycles. The molecule has 1 aromatic heterocycles. The molecule has 3 aromatic rings.